The van der Waals surface area contributed by atoms with Crippen molar-refractivity contribution >= 4 is 34.6 Å². The number of rotatable bonds is 3. The summed E-state index contributed by atoms with van der Waals surface area (Å²) >= 11 is 11.5. The smallest absolute Gasteiger partial charge is 0.171 e. The summed E-state index contributed by atoms with van der Waals surface area (Å²) in [6.07, 6.45) is 6.27. The van der Waals surface area contributed by atoms with Crippen LogP contribution in [0.4, 0.5) is 5.69 Å². The zero-order valence-electron chi connectivity index (χ0n) is 11.0. The lowest BCUT2D eigenvalue weighted by Crippen LogP contribution is -2.38. The highest BCUT2D eigenvalue weighted by atomic mass is 35.5. The molecule has 0 radical (unpaired) electrons. The Kier molecular flexibility index (Phi) is 5.28. The van der Waals surface area contributed by atoms with E-state index in [1.807, 2.05) is 12.1 Å². The molecule has 2 rings (SSSR count). The fraction of sp³-hybridized carbons (Fsp3) is 0.500. The van der Waals surface area contributed by atoms with E-state index in [4.69, 9.17) is 28.6 Å². The lowest BCUT2D eigenvalue weighted by molar-refractivity contribution is 0.414. The van der Waals surface area contributed by atoms with E-state index in [9.17, 15) is 0 Å². The first-order valence-electron chi connectivity index (χ1n) is 6.60. The molecular formula is C14H19ClN2OS. The highest BCUT2D eigenvalue weighted by molar-refractivity contribution is 7.80. The van der Waals surface area contributed by atoms with E-state index < -0.39 is 0 Å². The topological polar surface area (TPSA) is 33.3 Å². The normalized spacial score (nSPS) is 15.9. The van der Waals surface area contributed by atoms with Gasteiger partial charge >= 0.3 is 0 Å². The van der Waals surface area contributed by atoms with Crippen LogP contribution in [0.5, 0.6) is 5.75 Å². The molecule has 0 bridgehead atoms. The molecule has 104 valence electrons. The Balaban J connectivity index is 1.94. The van der Waals surface area contributed by atoms with Crippen LogP contribution < -0.4 is 15.4 Å². The van der Waals surface area contributed by atoms with Crippen LogP contribution in [0.15, 0.2) is 18.2 Å². The van der Waals surface area contributed by atoms with Crippen molar-refractivity contribution in [3.63, 3.8) is 0 Å². The fourth-order valence-corrected chi connectivity index (χ4v) is 2.76. The number of anilines is 1. The molecule has 3 nitrogen and oxygen atoms in total. The molecule has 19 heavy (non-hydrogen) atoms. The van der Waals surface area contributed by atoms with E-state index in [1.165, 1.54) is 32.1 Å². The summed E-state index contributed by atoms with van der Waals surface area (Å²) in [4.78, 5) is 0. The van der Waals surface area contributed by atoms with Crippen molar-refractivity contribution in [2.45, 2.75) is 38.1 Å². The third-order valence-electron chi connectivity index (χ3n) is 3.36. The standard InChI is InChI=1S/C14H19ClN2OS/c1-18-11-7-8-12(15)13(9-11)17-14(19)16-10-5-3-2-4-6-10/h7-10H,2-6H2,1H3,(H2,16,17,19). The zero-order valence-corrected chi connectivity index (χ0v) is 12.6. The summed E-state index contributed by atoms with van der Waals surface area (Å²) in [6, 6.07) is 5.95. The summed E-state index contributed by atoms with van der Waals surface area (Å²) in [5, 5.41) is 7.75. The molecule has 0 spiro atoms. The molecule has 0 aromatic heterocycles. The Labute approximate surface area is 124 Å². The van der Waals surface area contributed by atoms with E-state index in [0.29, 0.717) is 16.2 Å². The largest absolute Gasteiger partial charge is 0.497 e. The first kappa shape index (κ1) is 14.4. The van der Waals surface area contributed by atoms with Gasteiger partial charge in [-0.25, -0.2) is 0 Å². The molecule has 0 aliphatic heterocycles. The van der Waals surface area contributed by atoms with E-state index in [0.717, 1.165) is 11.4 Å². The highest BCUT2D eigenvalue weighted by Crippen LogP contribution is 2.26. The summed E-state index contributed by atoms with van der Waals surface area (Å²) in [5.41, 5.74) is 0.773. The number of methoxy groups -OCH3 is 1. The van der Waals surface area contributed by atoms with Gasteiger partial charge in [0.1, 0.15) is 5.75 Å². The van der Waals surface area contributed by atoms with Crippen LogP contribution in [-0.4, -0.2) is 18.3 Å². The Morgan fingerprint density at radius 1 is 1.32 bits per heavy atom. The first-order valence-corrected chi connectivity index (χ1v) is 7.38. The van der Waals surface area contributed by atoms with Crippen LogP contribution in [0.2, 0.25) is 5.02 Å². The van der Waals surface area contributed by atoms with Crippen LogP contribution in [0.3, 0.4) is 0 Å². The monoisotopic (exact) mass is 298 g/mol. The van der Waals surface area contributed by atoms with Crippen molar-refractivity contribution in [3.8, 4) is 5.75 Å². The average Bonchev–Trinajstić information content (AvgIpc) is 2.42. The maximum Gasteiger partial charge on any atom is 0.171 e. The lowest BCUT2D eigenvalue weighted by Gasteiger charge is -2.24. The fourth-order valence-electron chi connectivity index (χ4n) is 2.32. The van der Waals surface area contributed by atoms with Crippen molar-refractivity contribution in [2.24, 2.45) is 0 Å². The van der Waals surface area contributed by atoms with Crippen LogP contribution in [0.1, 0.15) is 32.1 Å². The van der Waals surface area contributed by atoms with E-state index in [1.54, 1.807) is 13.2 Å². The van der Waals surface area contributed by atoms with Gasteiger partial charge in [-0.3, -0.25) is 0 Å². The van der Waals surface area contributed by atoms with Crippen LogP contribution in [0.25, 0.3) is 0 Å². The van der Waals surface area contributed by atoms with Gasteiger partial charge in [-0.15, -0.1) is 0 Å². The maximum atomic E-state index is 6.13. The van der Waals surface area contributed by atoms with E-state index >= 15 is 0 Å². The Morgan fingerprint density at radius 3 is 2.74 bits per heavy atom. The van der Waals surface area contributed by atoms with Gasteiger partial charge in [0, 0.05) is 12.1 Å². The molecule has 1 aliphatic rings. The third kappa shape index (κ3) is 4.25. The maximum absolute atomic E-state index is 6.13. The number of benzene rings is 1. The quantitative estimate of drug-likeness (QED) is 0.827. The summed E-state index contributed by atoms with van der Waals surface area (Å²) in [7, 11) is 1.63. The van der Waals surface area contributed by atoms with Gasteiger partial charge in [-0.2, -0.15) is 0 Å². The Morgan fingerprint density at radius 2 is 2.05 bits per heavy atom. The molecule has 0 unspecified atom stereocenters. The summed E-state index contributed by atoms with van der Waals surface area (Å²) in [6.45, 7) is 0. The van der Waals surface area contributed by atoms with Crippen molar-refractivity contribution < 1.29 is 4.74 Å². The summed E-state index contributed by atoms with van der Waals surface area (Å²) in [5.74, 6) is 0.757. The molecule has 1 aromatic rings. The van der Waals surface area contributed by atoms with Crippen LogP contribution >= 0.6 is 23.8 Å². The second-order valence-corrected chi connectivity index (χ2v) is 5.59. The van der Waals surface area contributed by atoms with Gasteiger partial charge in [0.25, 0.3) is 0 Å². The minimum atomic E-state index is 0.484. The first-order chi connectivity index (χ1) is 9.19. The molecule has 1 aliphatic carbocycles. The number of halogens is 1. The van der Waals surface area contributed by atoms with Gasteiger partial charge in [-0.05, 0) is 37.2 Å². The molecule has 2 N–H and O–H groups in total. The van der Waals surface area contributed by atoms with Gasteiger partial charge in [0.05, 0.1) is 17.8 Å². The molecule has 0 atom stereocenters. The minimum Gasteiger partial charge on any atom is -0.497 e. The van der Waals surface area contributed by atoms with Gasteiger partial charge < -0.3 is 15.4 Å². The van der Waals surface area contributed by atoms with Crippen molar-refractivity contribution in [3.05, 3.63) is 23.2 Å². The SMILES string of the molecule is COc1ccc(Cl)c(NC(=S)NC2CCCCC2)c1. The molecule has 0 heterocycles. The third-order valence-corrected chi connectivity index (χ3v) is 3.91. The van der Waals surface area contributed by atoms with E-state index in [-0.39, 0.29) is 0 Å². The predicted molar refractivity (Wildman–Crippen MR) is 84.2 cm³/mol. The molecular weight excluding hydrogens is 280 g/mol. The lowest BCUT2D eigenvalue weighted by atomic mass is 9.96. The van der Waals surface area contributed by atoms with Crippen molar-refractivity contribution in [1.29, 1.82) is 0 Å². The number of thiocarbonyl (C=S) groups is 1. The molecule has 5 heteroatoms. The molecule has 0 amide bonds. The number of nitrogens with one attached hydrogen (secondary N) is 2. The van der Waals surface area contributed by atoms with Gasteiger partial charge in [-0.1, -0.05) is 30.9 Å². The molecule has 1 saturated carbocycles. The number of hydrogen-bond acceptors (Lipinski definition) is 2. The van der Waals surface area contributed by atoms with Gasteiger partial charge in [0.15, 0.2) is 5.11 Å². The minimum absolute atomic E-state index is 0.484. The van der Waals surface area contributed by atoms with Crippen LogP contribution in [0, 0.1) is 0 Å². The second-order valence-electron chi connectivity index (χ2n) is 4.78. The van der Waals surface area contributed by atoms with Gasteiger partial charge in [0.2, 0.25) is 0 Å². The Hall–Kier alpha value is -1.00. The highest BCUT2D eigenvalue weighted by Gasteiger charge is 2.14. The summed E-state index contributed by atoms with van der Waals surface area (Å²) < 4.78 is 5.18. The second kappa shape index (κ2) is 6.96. The molecule has 1 fully saturated rings. The van der Waals surface area contributed by atoms with Crippen LogP contribution in [-0.2, 0) is 0 Å². The number of hydrogen-bond donors (Lipinski definition) is 2. The Bertz CT molecular complexity index is 447. The molecule has 1 aromatic carbocycles. The van der Waals surface area contributed by atoms with Crippen molar-refractivity contribution in [1.82, 2.24) is 5.32 Å². The van der Waals surface area contributed by atoms with E-state index in [2.05, 4.69) is 10.6 Å². The average molecular weight is 299 g/mol. The molecule has 0 saturated heterocycles. The van der Waals surface area contributed by atoms with Crippen molar-refractivity contribution in [2.75, 3.05) is 12.4 Å². The zero-order chi connectivity index (χ0) is 13.7. The number of ether oxygens (including phenoxy) is 1. The predicted octanol–water partition coefficient (Wildman–Crippen LogP) is 3.97.